The van der Waals surface area contributed by atoms with Crippen LogP contribution in [0.2, 0.25) is 10.6 Å². The molecule has 0 saturated heterocycles. The minimum absolute atomic E-state index is 0.398. The zero-order valence-electron chi connectivity index (χ0n) is 10.9. The van der Waals surface area contributed by atoms with E-state index in [0.29, 0.717) is 5.04 Å². The molecule has 0 unspecified atom stereocenters. The van der Waals surface area contributed by atoms with Crippen molar-refractivity contribution in [3.8, 4) is 0 Å². The molecule has 1 saturated carbocycles. The second-order valence-corrected chi connectivity index (χ2v) is 9.07. The Morgan fingerprint density at radius 2 is 1.60 bits per heavy atom. The molecule has 0 bridgehead atoms. The maximum absolute atomic E-state index is 6.10. The monoisotopic (exact) mass is 227 g/mol. The molecule has 0 aromatic carbocycles. The van der Waals surface area contributed by atoms with Crippen molar-refractivity contribution in [3.63, 3.8) is 0 Å². The second kappa shape index (κ2) is 6.05. The molecule has 0 aliphatic heterocycles. The Kier molecular flexibility index (Phi) is 5.34. The first kappa shape index (κ1) is 13.2. The van der Waals surface area contributed by atoms with Crippen molar-refractivity contribution < 1.29 is 4.43 Å². The Balaban J connectivity index is 2.60. The molecule has 0 aromatic heterocycles. The average Bonchev–Trinajstić information content (AvgIpc) is 2.40. The van der Waals surface area contributed by atoms with Gasteiger partial charge in [-0.2, -0.15) is 0 Å². The Morgan fingerprint density at radius 1 is 1.07 bits per heavy atom. The summed E-state index contributed by atoms with van der Waals surface area (Å²) < 4.78 is 6.10. The van der Waals surface area contributed by atoms with Crippen molar-refractivity contribution >= 4 is 9.04 Å². The average molecular weight is 227 g/mol. The van der Waals surface area contributed by atoms with Crippen LogP contribution in [0.4, 0.5) is 0 Å². The smallest absolute Gasteiger partial charge is 0.220 e. The van der Waals surface area contributed by atoms with Gasteiger partial charge < -0.3 is 4.43 Å². The molecule has 0 N–H and O–H groups in total. The zero-order chi connectivity index (χ0) is 11.3. The van der Waals surface area contributed by atoms with Gasteiger partial charge in [-0.25, -0.2) is 0 Å². The number of hydrogen-bond donors (Lipinski definition) is 0. The summed E-state index contributed by atoms with van der Waals surface area (Å²) in [5.41, 5.74) is 0.900. The maximum Gasteiger partial charge on any atom is 0.220 e. The summed E-state index contributed by atoms with van der Waals surface area (Å²) in [6, 6.07) is 0. The Hall–Kier alpha value is 0.177. The highest BCUT2D eigenvalue weighted by atomic mass is 28.3. The van der Waals surface area contributed by atoms with E-state index in [1.165, 1.54) is 38.5 Å². The van der Waals surface area contributed by atoms with E-state index in [2.05, 4.69) is 27.7 Å². The third-order valence-corrected chi connectivity index (χ3v) is 6.66. The summed E-state index contributed by atoms with van der Waals surface area (Å²) in [5, 5.41) is 0.398. The molecule has 1 radical (unpaired) electrons. The van der Waals surface area contributed by atoms with Crippen LogP contribution in [0.25, 0.3) is 0 Å². The van der Waals surface area contributed by atoms with Gasteiger partial charge in [-0.05, 0) is 17.5 Å². The highest BCUT2D eigenvalue weighted by Crippen LogP contribution is 2.41. The van der Waals surface area contributed by atoms with E-state index in [-0.39, 0.29) is 0 Å². The molecule has 0 heterocycles. The van der Waals surface area contributed by atoms with Crippen LogP contribution in [0.15, 0.2) is 0 Å². The minimum atomic E-state index is -0.635. The first-order valence-corrected chi connectivity index (χ1v) is 8.04. The summed E-state index contributed by atoms with van der Waals surface area (Å²) in [5.74, 6) is 0. The van der Waals surface area contributed by atoms with E-state index in [4.69, 9.17) is 4.43 Å². The van der Waals surface area contributed by atoms with Crippen LogP contribution in [-0.4, -0.2) is 15.6 Å². The first-order chi connectivity index (χ1) is 7.05. The van der Waals surface area contributed by atoms with Gasteiger partial charge in [-0.1, -0.05) is 59.3 Å². The Bertz CT molecular complexity index is 166. The first-order valence-electron chi connectivity index (χ1n) is 6.56. The van der Waals surface area contributed by atoms with Gasteiger partial charge >= 0.3 is 0 Å². The molecule has 2 heteroatoms. The molecular formula is C13H27OSi. The SMILES string of the molecule is CCO[Si](C1CCCCCC1)C(C)(C)C. The summed E-state index contributed by atoms with van der Waals surface area (Å²) in [4.78, 5) is 0. The van der Waals surface area contributed by atoms with Crippen LogP contribution in [-0.2, 0) is 4.43 Å². The molecule has 1 rings (SSSR count). The molecule has 15 heavy (non-hydrogen) atoms. The predicted octanol–water partition coefficient (Wildman–Crippen LogP) is 4.54. The van der Waals surface area contributed by atoms with Crippen LogP contribution in [0.1, 0.15) is 66.2 Å². The van der Waals surface area contributed by atoms with Crippen LogP contribution in [0.5, 0.6) is 0 Å². The van der Waals surface area contributed by atoms with E-state index in [0.717, 1.165) is 12.1 Å². The lowest BCUT2D eigenvalue weighted by molar-refractivity contribution is 0.307. The van der Waals surface area contributed by atoms with Gasteiger partial charge in [0.25, 0.3) is 0 Å². The molecule has 1 aliphatic carbocycles. The number of hydrogen-bond acceptors (Lipinski definition) is 1. The molecule has 0 spiro atoms. The van der Waals surface area contributed by atoms with Crippen LogP contribution in [0.3, 0.4) is 0 Å². The second-order valence-electron chi connectivity index (χ2n) is 5.74. The Morgan fingerprint density at radius 3 is 2.00 bits per heavy atom. The van der Waals surface area contributed by atoms with E-state index >= 15 is 0 Å². The molecule has 0 amide bonds. The highest BCUT2D eigenvalue weighted by Gasteiger charge is 2.36. The molecule has 1 fully saturated rings. The summed E-state index contributed by atoms with van der Waals surface area (Å²) in [6.45, 7) is 10.1. The van der Waals surface area contributed by atoms with Gasteiger partial charge in [0.2, 0.25) is 9.04 Å². The molecule has 0 aromatic rings. The fraction of sp³-hybridized carbons (Fsp3) is 1.00. The summed E-state index contributed by atoms with van der Waals surface area (Å²) in [7, 11) is -0.635. The topological polar surface area (TPSA) is 9.23 Å². The van der Waals surface area contributed by atoms with E-state index in [9.17, 15) is 0 Å². The van der Waals surface area contributed by atoms with Gasteiger partial charge in [0, 0.05) is 6.61 Å². The third kappa shape index (κ3) is 4.27. The van der Waals surface area contributed by atoms with E-state index in [1.54, 1.807) is 0 Å². The maximum atomic E-state index is 6.10. The van der Waals surface area contributed by atoms with Gasteiger partial charge in [-0.15, -0.1) is 0 Å². The van der Waals surface area contributed by atoms with Gasteiger partial charge in [0.15, 0.2) is 0 Å². The van der Waals surface area contributed by atoms with Crippen molar-refractivity contribution in [1.82, 2.24) is 0 Å². The lowest BCUT2D eigenvalue weighted by Crippen LogP contribution is -2.34. The molecule has 89 valence electrons. The standard InChI is InChI=1S/C13H27OSi/c1-5-14-15(13(2,3)4)12-10-8-6-7-9-11-12/h12H,5-11H2,1-4H3. The molecule has 1 nitrogen and oxygen atoms in total. The molecule has 1 aliphatic rings. The Labute approximate surface area is 97.3 Å². The van der Waals surface area contributed by atoms with Crippen LogP contribution >= 0.6 is 0 Å². The normalized spacial score (nSPS) is 20.6. The van der Waals surface area contributed by atoms with Crippen LogP contribution < -0.4 is 0 Å². The summed E-state index contributed by atoms with van der Waals surface area (Å²) in [6.07, 6.45) is 8.60. The van der Waals surface area contributed by atoms with Gasteiger partial charge in [-0.3, -0.25) is 0 Å². The summed E-state index contributed by atoms with van der Waals surface area (Å²) >= 11 is 0. The van der Waals surface area contributed by atoms with Crippen molar-refractivity contribution in [1.29, 1.82) is 0 Å². The lowest BCUT2D eigenvalue weighted by Gasteiger charge is -2.33. The molecule has 0 atom stereocenters. The zero-order valence-corrected chi connectivity index (χ0v) is 11.9. The van der Waals surface area contributed by atoms with E-state index < -0.39 is 9.04 Å². The van der Waals surface area contributed by atoms with Gasteiger partial charge in [0.05, 0.1) is 0 Å². The third-order valence-electron chi connectivity index (χ3n) is 3.27. The van der Waals surface area contributed by atoms with E-state index in [1.807, 2.05) is 0 Å². The lowest BCUT2D eigenvalue weighted by atomic mass is 10.2. The van der Waals surface area contributed by atoms with Crippen molar-refractivity contribution in [2.75, 3.05) is 6.61 Å². The van der Waals surface area contributed by atoms with Crippen molar-refractivity contribution in [2.24, 2.45) is 0 Å². The minimum Gasteiger partial charge on any atom is -0.416 e. The van der Waals surface area contributed by atoms with Crippen molar-refractivity contribution in [3.05, 3.63) is 0 Å². The fourth-order valence-corrected chi connectivity index (χ4v) is 5.78. The largest absolute Gasteiger partial charge is 0.416 e. The number of rotatable bonds is 3. The quantitative estimate of drug-likeness (QED) is 0.508. The highest BCUT2D eigenvalue weighted by molar-refractivity contribution is 6.57. The van der Waals surface area contributed by atoms with Gasteiger partial charge in [0.1, 0.15) is 0 Å². The fourth-order valence-electron chi connectivity index (χ4n) is 2.64. The predicted molar refractivity (Wildman–Crippen MR) is 68.5 cm³/mol. The molecular weight excluding hydrogens is 200 g/mol. The van der Waals surface area contributed by atoms with Crippen LogP contribution in [0, 0.1) is 0 Å². The van der Waals surface area contributed by atoms with Crippen molar-refractivity contribution in [2.45, 2.75) is 76.8 Å².